The molecule has 0 aliphatic heterocycles. The number of halogens is 1. The lowest BCUT2D eigenvalue weighted by molar-refractivity contribution is -0.151. The quantitative estimate of drug-likeness (QED) is 0.786. The van der Waals surface area contributed by atoms with Gasteiger partial charge in [0.25, 0.3) is 0 Å². The Balaban J connectivity index is 2.32. The number of rotatable bonds is 5. The second-order valence-corrected chi connectivity index (χ2v) is 3.54. The normalized spacial score (nSPS) is 10.0. The lowest BCUT2D eigenvalue weighted by Gasteiger charge is -2.06. The maximum Gasteiger partial charge on any atom is 0.324 e. The average molecular weight is 228 g/mol. The SMILES string of the molecule is CCCC(=O)ONCc1ccccc1Cl. The van der Waals surface area contributed by atoms with Gasteiger partial charge in [-0.3, -0.25) is 4.79 Å². The van der Waals surface area contributed by atoms with Crippen molar-refractivity contribution in [2.75, 3.05) is 0 Å². The van der Waals surface area contributed by atoms with Crippen molar-refractivity contribution in [1.29, 1.82) is 0 Å². The Kier molecular flexibility index (Phi) is 5.15. The number of carbonyl (C=O) groups is 1. The molecule has 0 radical (unpaired) electrons. The van der Waals surface area contributed by atoms with Gasteiger partial charge in [0.2, 0.25) is 0 Å². The molecule has 0 amide bonds. The Morgan fingerprint density at radius 1 is 1.47 bits per heavy atom. The first kappa shape index (κ1) is 12.0. The molecule has 0 saturated heterocycles. The standard InChI is InChI=1S/C11H14ClNO2/c1-2-5-11(14)15-13-8-9-6-3-4-7-10(9)12/h3-4,6-7,13H,2,5,8H2,1H3. The lowest BCUT2D eigenvalue weighted by Crippen LogP contribution is -2.19. The van der Waals surface area contributed by atoms with Crippen molar-refractivity contribution < 1.29 is 9.63 Å². The van der Waals surface area contributed by atoms with Crippen LogP contribution in [0.25, 0.3) is 0 Å². The molecular weight excluding hydrogens is 214 g/mol. The van der Waals surface area contributed by atoms with Crippen LogP contribution < -0.4 is 5.48 Å². The largest absolute Gasteiger partial charge is 0.370 e. The first-order chi connectivity index (χ1) is 7.24. The Bertz CT molecular complexity index is 328. The molecule has 1 N–H and O–H groups in total. The number of nitrogens with one attached hydrogen (secondary N) is 1. The summed E-state index contributed by atoms with van der Waals surface area (Å²) < 4.78 is 0. The highest BCUT2D eigenvalue weighted by Crippen LogP contribution is 2.14. The van der Waals surface area contributed by atoms with Gasteiger partial charge in [0.05, 0.1) is 6.54 Å². The van der Waals surface area contributed by atoms with Gasteiger partial charge in [0, 0.05) is 11.4 Å². The minimum atomic E-state index is -0.246. The minimum absolute atomic E-state index is 0.246. The topological polar surface area (TPSA) is 38.3 Å². The molecule has 4 heteroatoms. The second kappa shape index (κ2) is 6.43. The summed E-state index contributed by atoms with van der Waals surface area (Å²) in [5.41, 5.74) is 3.50. The highest BCUT2D eigenvalue weighted by molar-refractivity contribution is 6.31. The monoisotopic (exact) mass is 227 g/mol. The Labute approximate surface area is 94.3 Å². The van der Waals surface area contributed by atoms with Gasteiger partial charge in [0.15, 0.2) is 0 Å². The van der Waals surface area contributed by atoms with Gasteiger partial charge in [-0.25, -0.2) is 0 Å². The van der Waals surface area contributed by atoms with Crippen molar-refractivity contribution in [2.45, 2.75) is 26.3 Å². The fourth-order valence-electron chi connectivity index (χ4n) is 1.09. The third-order valence-electron chi connectivity index (χ3n) is 1.86. The van der Waals surface area contributed by atoms with E-state index >= 15 is 0 Å². The van der Waals surface area contributed by atoms with E-state index in [2.05, 4.69) is 5.48 Å². The van der Waals surface area contributed by atoms with E-state index < -0.39 is 0 Å². The molecule has 1 aromatic carbocycles. The van der Waals surface area contributed by atoms with Crippen LogP contribution in [0.1, 0.15) is 25.3 Å². The van der Waals surface area contributed by atoms with E-state index in [1.165, 1.54) is 0 Å². The molecular formula is C11H14ClNO2. The van der Waals surface area contributed by atoms with Gasteiger partial charge in [-0.15, -0.1) is 5.48 Å². The Hall–Kier alpha value is -1.06. The Morgan fingerprint density at radius 2 is 2.20 bits per heavy atom. The van der Waals surface area contributed by atoms with Gasteiger partial charge in [0.1, 0.15) is 0 Å². The molecule has 1 aromatic rings. The molecule has 0 bridgehead atoms. The molecule has 0 aromatic heterocycles. The fraction of sp³-hybridized carbons (Fsp3) is 0.364. The van der Waals surface area contributed by atoms with E-state index in [1.807, 2.05) is 25.1 Å². The molecule has 0 fully saturated rings. The molecule has 0 atom stereocenters. The molecule has 0 spiro atoms. The highest BCUT2D eigenvalue weighted by atomic mass is 35.5. The summed E-state index contributed by atoms with van der Waals surface area (Å²) in [4.78, 5) is 15.8. The summed E-state index contributed by atoms with van der Waals surface area (Å²) in [5, 5.41) is 0.663. The zero-order valence-electron chi connectivity index (χ0n) is 8.63. The third-order valence-corrected chi connectivity index (χ3v) is 2.23. The smallest absolute Gasteiger partial charge is 0.324 e. The maximum absolute atomic E-state index is 11.0. The van der Waals surface area contributed by atoms with Crippen LogP contribution in [0.5, 0.6) is 0 Å². The summed E-state index contributed by atoms with van der Waals surface area (Å²) >= 11 is 5.92. The van der Waals surface area contributed by atoms with Gasteiger partial charge >= 0.3 is 5.97 Å². The molecule has 0 unspecified atom stereocenters. The van der Waals surface area contributed by atoms with Gasteiger partial charge in [-0.2, -0.15) is 0 Å². The van der Waals surface area contributed by atoms with Crippen LogP contribution in [-0.4, -0.2) is 5.97 Å². The number of benzene rings is 1. The summed E-state index contributed by atoms with van der Waals surface area (Å²) in [5.74, 6) is -0.246. The molecule has 0 aliphatic rings. The van der Waals surface area contributed by atoms with Crippen LogP contribution in [0.2, 0.25) is 5.02 Å². The van der Waals surface area contributed by atoms with Crippen LogP contribution in [0.3, 0.4) is 0 Å². The van der Waals surface area contributed by atoms with Crippen molar-refractivity contribution in [2.24, 2.45) is 0 Å². The first-order valence-electron chi connectivity index (χ1n) is 4.90. The van der Waals surface area contributed by atoms with Crippen molar-refractivity contribution in [1.82, 2.24) is 5.48 Å². The second-order valence-electron chi connectivity index (χ2n) is 3.14. The number of carbonyl (C=O) groups excluding carboxylic acids is 1. The zero-order chi connectivity index (χ0) is 11.1. The van der Waals surface area contributed by atoms with E-state index in [1.54, 1.807) is 6.07 Å². The Morgan fingerprint density at radius 3 is 2.87 bits per heavy atom. The predicted molar refractivity (Wildman–Crippen MR) is 59.3 cm³/mol. The minimum Gasteiger partial charge on any atom is -0.370 e. The lowest BCUT2D eigenvalue weighted by atomic mass is 10.2. The third kappa shape index (κ3) is 4.32. The molecule has 15 heavy (non-hydrogen) atoms. The average Bonchev–Trinajstić information content (AvgIpc) is 2.21. The van der Waals surface area contributed by atoms with Crippen LogP contribution in [0, 0.1) is 0 Å². The molecule has 0 aliphatic carbocycles. The summed E-state index contributed by atoms with van der Waals surface area (Å²) in [7, 11) is 0. The van der Waals surface area contributed by atoms with Gasteiger partial charge < -0.3 is 4.84 Å². The summed E-state index contributed by atoms with van der Waals surface area (Å²) in [6.45, 7) is 2.35. The van der Waals surface area contributed by atoms with Gasteiger partial charge in [-0.1, -0.05) is 36.7 Å². The predicted octanol–water partition coefficient (Wildman–Crippen LogP) is 2.69. The maximum atomic E-state index is 11.0. The highest BCUT2D eigenvalue weighted by Gasteiger charge is 2.02. The number of hydroxylamine groups is 1. The van der Waals surface area contributed by atoms with Crippen molar-refractivity contribution in [3.05, 3.63) is 34.9 Å². The zero-order valence-corrected chi connectivity index (χ0v) is 9.38. The van der Waals surface area contributed by atoms with E-state index in [0.29, 0.717) is 18.0 Å². The van der Waals surface area contributed by atoms with E-state index in [9.17, 15) is 4.79 Å². The summed E-state index contributed by atoms with van der Waals surface area (Å²) in [6, 6.07) is 7.42. The molecule has 0 heterocycles. The van der Waals surface area contributed by atoms with E-state index in [-0.39, 0.29) is 5.97 Å². The molecule has 0 saturated carbocycles. The van der Waals surface area contributed by atoms with Crippen LogP contribution in [0.15, 0.2) is 24.3 Å². The molecule has 3 nitrogen and oxygen atoms in total. The van der Waals surface area contributed by atoms with Crippen LogP contribution >= 0.6 is 11.6 Å². The molecule has 82 valence electrons. The van der Waals surface area contributed by atoms with Crippen LogP contribution in [0.4, 0.5) is 0 Å². The van der Waals surface area contributed by atoms with Crippen molar-refractivity contribution >= 4 is 17.6 Å². The van der Waals surface area contributed by atoms with Crippen LogP contribution in [-0.2, 0) is 16.2 Å². The van der Waals surface area contributed by atoms with Crippen molar-refractivity contribution in [3.63, 3.8) is 0 Å². The molecule has 1 rings (SSSR count). The van der Waals surface area contributed by atoms with E-state index in [0.717, 1.165) is 12.0 Å². The summed E-state index contributed by atoms with van der Waals surface area (Å²) in [6.07, 6.45) is 1.21. The number of hydrogen-bond donors (Lipinski definition) is 1. The first-order valence-corrected chi connectivity index (χ1v) is 5.27. The number of hydrogen-bond acceptors (Lipinski definition) is 3. The van der Waals surface area contributed by atoms with Crippen molar-refractivity contribution in [3.8, 4) is 0 Å². The van der Waals surface area contributed by atoms with E-state index in [4.69, 9.17) is 16.4 Å². The van der Waals surface area contributed by atoms with Gasteiger partial charge in [-0.05, 0) is 18.1 Å². The fourth-order valence-corrected chi connectivity index (χ4v) is 1.29.